The highest BCUT2D eigenvalue weighted by Crippen LogP contribution is 2.10. The predicted octanol–water partition coefficient (Wildman–Crippen LogP) is 2.43. The van der Waals surface area contributed by atoms with E-state index in [0.29, 0.717) is 23.1 Å². The minimum atomic E-state index is -0.158. The normalized spacial score (nSPS) is 10.3. The number of anilines is 1. The number of carbonyl (C=O) groups excluding carboxylic acids is 1. The zero-order chi connectivity index (χ0) is 15.4. The third-order valence-corrected chi connectivity index (χ3v) is 3.08. The summed E-state index contributed by atoms with van der Waals surface area (Å²) in [5.41, 5.74) is 2.20. The minimum absolute atomic E-state index is 0.158. The predicted molar refractivity (Wildman–Crippen MR) is 83.7 cm³/mol. The van der Waals surface area contributed by atoms with Crippen LogP contribution in [-0.2, 0) is 6.54 Å². The van der Waals surface area contributed by atoms with E-state index in [1.54, 1.807) is 24.3 Å². The van der Waals surface area contributed by atoms with Crippen molar-refractivity contribution in [3.63, 3.8) is 0 Å². The van der Waals surface area contributed by atoms with E-state index in [2.05, 4.69) is 15.3 Å². The standard InChI is InChI=1S/C15H17ClN4O/c1-10-8-13(19-15(18-10)20(2)3)9-17-14(21)11-4-6-12(16)7-5-11/h4-8H,9H2,1-3H3,(H,17,21). The van der Waals surface area contributed by atoms with Crippen molar-refractivity contribution in [2.45, 2.75) is 13.5 Å². The molecule has 2 aromatic rings. The zero-order valence-corrected chi connectivity index (χ0v) is 13.0. The highest BCUT2D eigenvalue weighted by atomic mass is 35.5. The maximum absolute atomic E-state index is 12.0. The molecule has 0 fully saturated rings. The monoisotopic (exact) mass is 304 g/mol. The van der Waals surface area contributed by atoms with Gasteiger partial charge in [-0.25, -0.2) is 9.97 Å². The van der Waals surface area contributed by atoms with Gasteiger partial charge in [0.1, 0.15) is 0 Å². The van der Waals surface area contributed by atoms with E-state index in [1.165, 1.54) is 0 Å². The quantitative estimate of drug-likeness (QED) is 0.942. The van der Waals surface area contributed by atoms with E-state index >= 15 is 0 Å². The topological polar surface area (TPSA) is 58.1 Å². The van der Waals surface area contributed by atoms with E-state index in [4.69, 9.17) is 11.6 Å². The van der Waals surface area contributed by atoms with Gasteiger partial charge in [0, 0.05) is 30.4 Å². The SMILES string of the molecule is Cc1cc(CNC(=O)c2ccc(Cl)cc2)nc(N(C)C)n1. The Morgan fingerprint density at radius 3 is 2.52 bits per heavy atom. The van der Waals surface area contributed by atoms with Gasteiger partial charge in [0.05, 0.1) is 12.2 Å². The lowest BCUT2D eigenvalue weighted by Crippen LogP contribution is -2.24. The number of rotatable bonds is 4. The van der Waals surface area contributed by atoms with Gasteiger partial charge >= 0.3 is 0 Å². The summed E-state index contributed by atoms with van der Waals surface area (Å²) in [5, 5.41) is 3.44. The van der Waals surface area contributed by atoms with Gasteiger partial charge in [-0.2, -0.15) is 0 Å². The number of nitrogens with one attached hydrogen (secondary N) is 1. The van der Waals surface area contributed by atoms with Crippen LogP contribution in [-0.4, -0.2) is 30.0 Å². The van der Waals surface area contributed by atoms with Gasteiger partial charge in [-0.3, -0.25) is 4.79 Å². The van der Waals surface area contributed by atoms with Crippen LogP contribution in [0.3, 0.4) is 0 Å². The number of amides is 1. The second-order valence-electron chi connectivity index (χ2n) is 4.88. The average Bonchev–Trinajstić information content (AvgIpc) is 2.45. The van der Waals surface area contributed by atoms with Crippen molar-refractivity contribution in [1.82, 2.24) is 15.3 Å². The molecule has 0 aliphatic heterocycles. The fraction of sp³-hybridized carbons (Fsp3) is 0.267. The lowest BCUT2D eigenvalue weighted by molar-refractivity contribution is 0.0950. The second-order valence-corrected chi connectivity index (χ2v) is 5.32. The summed E-state index contributed by atoms with van der Waals surface area (Å²) in [6, 6.07) is 8.61. The number of hydrogen-bond donors (Lipinski definition) is 1. The zero-order valence-electron chi connectivity index (χ0n) is 12.2. The Labute approximate surface area is 129 Å². The summed E-state index contributed by atoms with van der Waals surface area (Å²) in [4.78, 5) is 22.6. The van der Waals surface area contributed by atoms with Crippen molar-refractivity contribution >= 4 is 23.5 Å². The smallest absolute Gasteiger partial charge is 0.251 e. The largest absolute Gasteiger partial charge is 0.347 e. The Kier molecular flexibility index (Phi) is 4.75. The van der Waals surface area contributed by atoms with Crippen LogP contribution in [0.5, 0.6) is 0 Å². The summed E-state index contributed by atoms with van der Waals surface area (Å²) < 4.78 is 0. The summed E-state index contributed by atoms with van der Waals surface area (Å²) in [6.07, 6.45) is 0. The van der Waals surface area contributed by atoms with E-state index in [-0.39, 0.29) is 5.91 Å². The van der Waals surface area contributed by atoms with Gasteiger partial charge in [-0.15, -0.1) is 0 Å². The van der Waals surface area contributed by atoms with Crippen LogP contribution in [0, 0.1) is 6.92 Å². The van der Waals surface area contributed by atoms with Crippen LogP contribution >= 0.6 is 11.6 Å². The molecular weight excluding hydrogens is 288 g/mol. The number of halogens is 1. The molecule has 2 rings (SSSR count). The molecule has 1 N–H and O–H groups in total. The van der Waals surface area contributed by atoms with Crippen LogP contribution in [0.15, 0.2) is 30.3 Å². The lowest BCUT2D eigenvalue weighted by Gasteiger charge is -2.12. The van der Waals surface area contributed by atoms with Crippen LogP contribution < -0.4 is 10.2 Å². The van der Waals surface area contributed by atoms with Gasteiger partial charge in [-0.1, -0.05) is 11.6 Å². The van der Waals surface area contributed by atoms with Crippen LogP contribution in [0.4, 0.5) is 5.95 Å². The molecule has 0 aliphatic carbocycles. The van der Waals surface area contributed by atoms with Gasteiger partial charge in [0.2, 0.25) is 5.95 Å². The molecule has 0 saturated heterocycles. The molecular formula is C15H17ClN4O. The summed E-state index contributed by atoms with van der Waals surface area (Å²) in [7, 11) is 3.76. The highest BCUT2D eigenvalue weighted by Gasteiger charge is 2.08. The summed E-state index contributed by atoms with van der Waals surface area (Å²) in [5.74, 6) is 0.472. The van der Waals surface area contributed by atoms with Crippen LogP contribution in [0.25, 0.3) is 0 Å². The number of carbonyl (C=O) groups is 1. The molecule has 0 atom stereocenters. The molecule has 0 bridgehead atoms. The number of nitrogens with zero attached hydrogens (tertiary/aromatic N) is 3. The molecule has 110 valence electrons. The van der Waals surface area contributed by atoms with E-state index < -0.39 is 0 Å². The first-order valence-electron chi connectivity index (χ1n) is 6.51. The Morgan fingerprint density at radius 1 is 1.24 bits per heavy atom. The summed E-state index contributed by atoms with van der Waals surface area (Å²) in [6.45, 7) is 2.25. The molecule has 0 unspecified atom stereocenters. The molecule has 0 spiro atoms. The van der Waals surface area contributed by atoms with Crippen molar-refractivity contribution in [2.24, 2.45) is 0 Å². The lowest BCUT2D eigenvalue weighted by atomic mass is 10.2. The molecule has 1 aromatic carbocycles. The van der Waals surface area contributed by atoms with E-state index in [9.17, 15) is 4.79 Å². The summed E-state index contributed by atoms with van der Waals surface area (Å²) >= 11 is 5.80. The Balaban J connectivity index is 2.05. The van der Waals surface area contributed by atoms with Crippen molar-refractivity contribution in [3.8, 4) is 0 Å². The van der Waals surface area contributed by atoms with Crippen LogP contribution in [0.1, 0.15) is 21.7 Å². The number of aryl methyl sites for hydroxylation is 1. The maximum atomic E-state index is 12.0. The molecule has 21 heavy (non-hydrogen) atoms. The number of aromatic nitrogens is 2. The van der Waals surface area contributed by atoms with Gasteiger partial charge < -0.3 is 10.2 Å². The van der Waals surface area contributed by atoms with Gasteiger partial charge in [0.25, 0.3) is 5.91 Å². The third kappa shape index (κ3) is 4.16. The van der Waals surface area contributed by atoms with E-state index in [1.807, 2.05) is 32.0 Å². The first-order chi connectivity index (χ1) is 9.95. The molecule has 1 heterocycles. The highest BCUT2D eigenvalue weighted by molar-refractivity contribution is 6.30. The fourth-order valence-electron chi connectivity index (χ4n) is 1.78. The minimum Gasteiger partial charge on any atom is -0.347 e. The number of hydrogen-bond acceptors (Lipinski definition) is 4. The van der Waals surface area contributed by atoms with Crippen molar-refractivity contribution in [1.29, 1.82) is 0 Å². The van der Waals surface area contributed by atoms with Crippen molar-refractivity contribution in [2.75, 3.05) is 19.0 Å². The van der Waals surface area contributed by atoms with Crippen LogP contribution in [0.2, 0.25) is 5.02 Å². The average molecular weight is 305 g/mol. The molecule has 0 aliphatic rings. The Morgan fingerprint density at radius 2 is 1.90 bits per heavy atom. The van der Waals surface area contributed by atoms with Gasteiger partial charge in [0.15, 0.2) is 0 Å². The third-order valence-electron chi connectivity index (χ3n) is 2.83. The Hall–Kier alpha value is -2.14. The van der Waals surface area contributed by atoms with E-state index in [0.717, 1.165) is 11.4 Å². The Bertz CT molecular complexity index is 641. The van der Waals surface area contributed by atoms with Crippen molar-refractivity contribution < 1.29 is 4.79 Å². The molecule has 1 amide bonds. The molecule has 0 radical (unpaired) electrons. The first-order valence-corrected chi connectivity index (χ1v) is 6.89. The van der Waals surface area contributed by atoms with Crippen molar-refractivity contribution in [3.05, 3.63) is 52.3 Å². The molecule has 0 saturated carbocycles. The first kappa shape index (κ1) is 15.3. The number of benzene rings is 1. The molecule has 5 nitrogen and oxygen atoms in total. The molecule has 6 heteroatoms. The second kappa shape index (κ2) is 6.54. The maximum Gasteiger partial charge on any atom is 0.251 e. The molecule has 1 aromatic heterocycles. The fourth-order valence-corrected chi connectivity index (χ4v) is 1.91. The van der Waals surface area contributed by atoms with Gasteiger partial charge in [-0.05, 0) is 37.3 Å².